The maximum atomic E-state index is 13.1. The van der Waals surface area contributed by atoms with Crippen LogP contribution in [0.5, 0.6) is 23.0 Å². The Morgan fingerprint density at radius 3 is 2.10 bits per heavy atom. The minimum Gasteiger partial charge on any atom is -0.497 e. The van der Waals surface area contributed by atoms with Crippen LogP contribution in [-0.4, -0.2) is 69.5 Å². The molecule has 14 heteroatoms. The predicted octanol–water partition coefficient (Wildman–Crippen LogP) is 10.1. The summed E-state index contributed by atoms with van der Waals surface area (Å²) in [6, 6.07) is 31.9. The number of carbonyl (C=O) groups excluding carboxylic acids is 5. The molecule has 0 unspecified atom stereocenters. The number of methoxy groups -OCH3 is 1. The van der Waals surface area contributed by atoms with Crippen molar-refractivity contribution in [1.82, 2.24) is 0 Å². The van der Waals surface area contributed by atoms with Gasteiger partial charge in [-0.3, -0.25) is 19.4 Å². The maximum Gasteiger partial charge on any atom is 0.343 e. The minimum atomic E-state index is -0.618. The van der Waals surface area contributed by atoms with Gasteiger partial charge in [0.2, 0.25) is 5.91 Å². The molecule has 0 bridgehead atoms. The normalized spacial score (nSPS) is 11.0. The summed E-state index contributed by atoms with van der Waals surface area (Å²) < 4.78 is 38.1. The van der Waals surface area contributed by atoms with Gasteiger partial charge in [0.25, 0.3) is 0 Å². The molecule has 0 aromatic heterocycles. The Morgan fingerprint density at radius 2 is 1.41 bits per heavy atom. The Kier molecular flexibility index (Phi) is 20.2. The second-order valence-electron chi connectivity index (χ2n) is 15.8. The van der Waals surface area contributed by atoms with Crippen molar-refractivity contribution in [2.24, 2.45) is 4.99 Å². The quantitative estimate of drug-likeness (QED) is 0.0147. The number of hydrogen-bond donors (Lipinski definition) is 1. The molecule has 0 fully saturated rings. The number of carbonyl (C=O) groups is 5. The Labute approximate surface area is 402 Å². The molecule has 358 valence electrons. The van der Waals surface area contributed by atoms with E-state index in [9.17, 15) is 24.0 Å². The van der Waals surface area contributed by atoms with Crippen molar-refractivity contribution in [3.8, 4) is 23.0 Å². The lowest BCUT2D eigenvalue weighted by Crippen LogP contribution is -2.16. The van der Waals surface area contributed by atoms with Gasteiger partial charge in [0.05, 0.1) is 44.4 Å². The van der Waals surface area contributed by atoms with E-state index in [0.29, 0.717) is 41.8 Å². The van der Waals surface area contributed by atoms with E-state index >= 15 is 0 Å². The minimum absolute atomic E-state index is 0.0444. The number of nitrogens with zero attached hydrogens (tertiary/aromatic N) is 1. The number of esters is 4. The molecular formula is C55H56N2O12. The van der Waals surface area contributed by atoms with Crippen molar-refractivity contribution in [1.29, 1.82) is 0 Å². The molecule has 0 aliphatic carbocycles. The summed E-state index contributed by atoms with van der Waals surface area (Å²) >= 11 is 0. The number of benzene rings is 5. The lowest BCUT2D eigenvalue weighted by atomic mass is 10.0. The van der Waals surface area contributed by atoms with Crippen LogP contribution in [0.2, 0.25) is 0 Å². The fraction of sp³-hybridized carbons (Fsp3) is 0.236. The first-order valence-electron chi connectivity index (χ1n) is 22.1. The van der Waals surface area contributed by atoms with Gasteiger partial charge in [0.1, 0.15) is 42.8 Å². The van der Waals surface area contributed by atoms with E-state index in [1.165, 1.54) is 20.1 Å². The van der Waals surface area contributed by atoms with Crippen LogP contribution in [0.25, 0.3) is 6.08 Å². The first kappa shape index (κ1) is 51.9. The van der Waals surface area contributed by atoms with Gasteiger partial charge >= 0.3 is 23.9 Å². The smallest absolute Gasteiger partial charge is 0.343 e. The van der Waals surface area contributed by atoms with Gasteiger partial charge in [-0.1, -0.05) is 75.0 Å². The Hall–Kier alpha value is -8.10. The van der Waals surface area contributed by atoms with Crippen molar-refractivity contribution < 1.29 is 57.1 Å². The monoisotopic (exact) mass is 936 g/mol. The van der Waals surface area contributed by atoms with Crippen LogP contribution in [0.15, 0.2) is 145 Å². The third-order valence-electron chi connectivity index (χ3n) is 9.91. The number of ether oxygens (including phenoxy) is 7. The fourth-order valence-electron chi connectivity index (χ4n) is 6.23. The summed E-state index contributed by atoms with van der Waals surface area (Å²) in [4.78, 5) is 66.2. The highest BCUT2D eigenvalue weighted by atomic mass is 16.6. The molecule has 5 aromatic carbocycles. The summed E-state index contributed by atoms with van der Waals surface area (Å²) in [7, 11) is 1.51. The average molecular weight is 937 g/mol. The standard InChI is InChI=1S/C55H56N2O12/c1-7-27-64-28-26-40-10-8-39(9-11-40)16-23-51(58)57-44-19-17-43(18-20-44)55(62)69-48-32-45(31-47(33-48)63-6)56-35-41-12-14-42(15-13-41)36-67-50-22-21-46(34-49(50)37(2)3)68-53(60)25-24-52(59)65-29-30-66-54(61)38(4)5/h7-23,31-35,37H,1,4,24-30,36H2,2-3,5-6H3,(H,57,58)/b23-16+,56-35?. The molecule has 0 aliphatic heterocycles. The molecule has 69 heavy (non-hydrogen) atoms. The number of anilines is 1. The number of amides is 1. The van der Waals surface area contributed by atoms with Crippen LogP contribution >= 0.6 is 0 Å². The summed E-state index contributed by atoms with van der Waals surface area (Å²) in [5, 5.41) is 2.80. The zero-order chi connectivity index (χ0) is 49.5. The van der Waals surface area contributed by atoms with E-state index in [-0.39, 0.29) is 61.4 Å². The lowest BCUT2D eigenvalue weighted by molar-refractivity contribution is -0.151. The van der Waals surface area contributed by atoms with Crippen LogP contribution in [0.3, 0.4) is 0 Å². The SMILES string of the molecule is C=CCOCCc1ccc(/C=C/C(=O)Nc2ccc(C(=O)Oc3cc(N=Cc4ccc(COc5ccc(OC(=O)CCC(=O)OCCOC(=O)C(=C)C)cc5C(C)C)cc4)cc(OC)c3)cc2)cc1. The number of hydrogen-bond acceptors (Lipinski definition) is 13. The van der Waals surface area contributed by atoms with Gasteiger partial charge in [-0.15, -0.1) is 6.58 Å². The zero-order valence-electron chi connectivity index (χ0n) is 39.2. The largest absolute Gasteiger partial charge is 0.497 e. The van der Waals surface area contributed by atoms with Crippen LogP contribution in [-0.2, 0) is 46.4 Å². The van der Waals surface area contributed by atoms with Crippen molar-refractivity contribution in [2.45, 2.75) is 52.6 Å². The van der Waals surface area contributed by atoms with Gasteiger partial charge in [0.15, 0.2) is 0 Å². The number of nitrogens with one attached hydrogen (secondary N) is 1. The van der Waals surface area contributed by atoms with E-state index in [4.69, 9.17) is 33.2 Å². The van der Waals surface area contributed by atoms with Crippen LogP contribution in [0, 0.1) is 0 Å². The Morgan fingerprint density at radius 1 is 0.725 bits per heavy atom. The first-order valence-corrected chi connectivity index (χ1v) is 22.1. The van der Waals surface area contributed by atoms with E-state index in [1.807, 2.05) is 62.4 Å². The topological polar surface area (TPSA) is 174 Å². The first-order chi connectivity index (χ1) is 33.3. The summed E-state index contributed by atoms with van der Waals surface area (Å²) in [5.74, 6) is -1.04. The second-order valence-corrected chi connectivity index (χ2v) is 15.8. The third-order valence-corrected chi connectivity index (χ3v) is 9.91. The molecule has 0 atom stereocenters. The van der Waals surface area contributed by atoms with Crippen molar-refractivity contribution in [3.63, 3.8) is 0 Å². The van der Waals surface area contributed by atoms with Gasteiger partial charge in [-0.2, -0.15) is 0 Å². The number of rotatable bonds is 25. The summed E-state index contributed by atoms with van der Waals surface area (Å²) in [6.45, 7) is 13.8. The highest BCUT2D eigenvalue weighted by Crippen LogP contribution is 2.32. The second kappa shape index (κ2) is 26.9. The van der Waals surface area contributed by atoms with Crippen LogP contribution in [0.1, 0.15) is 77.7 Å². The van der Waals surface area contributed by atoms with Gasteiger partial charge in [0, 0.05) is 47.3 Å². The predicted molar refractivity (Wildman–Crippen MR) is 263 cm³/mol. The number of aliphatic imine (C=N–C) groups is 1. The Balaban J connectivity index is 1.08. The lowest BCUT2D eigenvalue weighted by Gasteiger charge is -2.16. The van der Waals surface area contributed by atoms with Gasteiger partial charge in [-0.25, -0.2) is 9.59 Å². The van der Waals surface area contributed by atoms with Crippen molar-refractivity contribution in [2.75, 3.05) is 38.9 Å². The summed E-state index contributed by atoms with van der Waals surface area (Å²) in [6.07, 6.45) is 6.97. The molecule has 14 nitrogen and oxygen atoms in total. The van der Waals surface area contributed by atoms with E-state index < -0.39 is 23.9 Å². The van der Waals surface area contributed by atoms with E-state index in [2.05, 4.69) is 23.5 Å². The highest BCUT2D eigenvalue weighted by Gasteiger charge is 2.16. The highest BCUT2D eigenvalue weighted by molar-refractivity contribution is 6.02. The van der Waals surface area contributed by atoms with E-state index in [1.54, 1.807) is 79.0 Å². The summed E-state index contributed by atoms with van der Waals surface area (Å²) in [5.41, 5.74) is 6.09. The van der Waals surface area contributed by atoms with Crippen LogP contribution in [0.4, 0.5) is 11.4 Å². The fourth-order valence-corrected chi connectivity index (χ4v) is 6.23. The molecule has 0 radical (unpaired) electrons. The van der Waals surface area contributed by atoms with Crippen molar-refractivity contribution >= 4 is 53.4 Å². The molecular weight excluding hydrogens is 881 g/mol. The van der Waals surface area contributed by atoms with Crippen LogP contribution < -0.4 is 24.3 Å². The van der Waals surface area contributed by atoms with E-state index in [0.717, 1.165) is 34.2 Å². The molecule has 0 aliphatic rings. The molecule has 5 rings (SSSR count). The third kappa shape index (κ3) is 17.9. The average Bonchev–Trinajstić information content (AvgIpc) is 3.34. The zero-order valence-corrected chi connectivity index (χ0v) is 39.2. The molecule has 5 aromatic rings. The molecule has 0 saturated heterocycles. The molecule has 1 N–H and O–H groups in total. The Bertz CT molecular complexity index is 2630. The molecule has 0 heterocycles. The molecule has 0 spiro atoms. The van der Waals surface area contributed by atoms with Crippen molar-refractivity contribution in [3.05, 3.63) is 173 Å². The van der Waals surface area contributed by atoms with Gasteiger partial charge in [-0.05, 0) is 90.1 Å². The van der Waals surface area contributed by atoms with Gasteiger partial charge < -0.3 is 38.5 Å². The maximum absolute atomic E-state index is 13.1. The molecule has 0 saturated carbocycles. The molecule has 1 amide bonds.